The van der Waals surface area contributed by atoms with Crippen molar-refractivity contribution in [3.63, 3.8) is 0 Å². The van der Waals surface area contributed by atoms with E-state index in [0.29, 0.717) is 5.75 Å². The summed E-state index contributed by atoms with van der Waals surface area (Å²) in [7, 11) is 0. The molecular weight excluding hydrogens is 202 g/mol. The zero-order chi connectivity index (χ0) is 11.3. The molecule has 1 aromatic carbocycles. The summed E-state index contributed by atoms with van der Waals surface area (Å²) in [4.78, 5) is 9.80. The number of benzene rings is 1. The van der Waals surface area contributed by atoms with Crippen LogP contribution >= 0.6 is 0 Å². The molecule has 0 saturated carbocycles. The van der Waals surface area contributed by atoms with Gasteiger partial charge in [-0.25, -0.2) is 0 Å². The van der Waals surface area contributed by atoms with Crippen molar-refractivity contribution in [3.8, 4) is 5.75 Å². The normalized spacial score (nSPS) is 12.1. The van der Waals surface area contributed by atoms with Crippen molar-refractivity contribution in [3.05, 3.63) is 34.4 Å². The topological polar surface area (TPSA) is 92.8 Å². The molecule has 0 aliphatic rings. The Bertz CT molecular complexity index is 324. The number of nitro benzene ring substituents is 1. The Morgan fingerprint density at radius 3 is 2.47 bits per heavy atom. The zero-order valence-corrected chi connectivity index (χ0v) is 7.87. The highest BCUT2D eigenvalue weighted by Crippen LogP contribution is 2.18. The van der Waals surface area contributed by atoms with Crippen molar-refractivity contribution in [1.29, 1.82) is 0 Å². The summed E-state index contributed by atoms with van der Waals surface area (Å²) < 4.78 is 4.96. The Morgan fingerprint density at radius 1 is 1.40 bits per heavy atom. The highest BCUT2D eigenvalue weighted by molar-refractivity contribution is 5.35. The van der Waals surface area contributed by atoms with E-state index in [1.807, 2.05) is 0 Å². The summed E-state index contributed by atoms with van der Waals surface area (Å²) in [5.74, 6) is 0.321. The Balaban J connectivity index is 2.60. The van der Waals surface area contributed by atoms with Crippen LogP contribution in [0.25, 0.3) is 0 Å². The van der Waals surface area contributed by atoms with Gasteiger partial charge in [0.1, 0.15) is 5.75 Å². The van der Waals surface area contributed by atoms with E-state index in [4.69, 9.17) is 14.9 Å². The van der Waals surface area contributed by atoms with E-state index in [9.17, 15) is 10.1 Å². The Morgan fingerprint density at radius 2 is 2.00 bits per heavy atom. The van der Waals surface area contributed by atoms with Crippen molar-refractivity contribution in [2.75, 3.05) is 6.61 Å². The first-order valence-corrected chi connectivity index (χ1v) is 4.33. The molecule has 2 N–H and O–H groups in total. The number of hydrogen-bond donors (Lipinski definition) is 2. The molecule has 0 aliphatic carbocycles. The Labute approximate surface area is 85.9 Å². The van der Waals surface area contributed by atoms with Crippen LogP contribution in [0, 0.1) is 10.1 Å². The molecule has 0 bridgehead atoms. The van der Waals surface area contributed by atoms with Crippen LogP contribution in [0.1, 0.15) is 6.42 Å². The highest BCUT2D eigenvalue weighted by Gasteiger charge is 2.07. The van der Waals surface area contributed by atoms with Crippen LogP contribution in [0.5, 0.6) is 5.75 Å². The van der Waals surface area contributed by atoms with Crippen LogP contribution in [0.4, 0.5) is 5.69 Å². The first-order chi connectivity index (χ1) is 7.13. The summed E-state index contributed by atoms with van der Waals surface area (Å²) in [6.07, 6.45) is -1.01. The van der Waals surface area contributed by atoms with E-state index in [2.05, 4.69) is 0 Å². The van der Waals surface area contributed by atoms with Crippen LogP contribution in [0.15, 0.2) is 24.3 Å². The summed E-state index contributed by atoms with van der Waals surface area (Å²) >= 11 is 0. The molecule has 0 amide bonds. The number of non-ortho nitro benzene ring substituents is 1. The van der Waals surface area contributed by atoms with E-state index < -0.39 is 11.2 Å². The van der Waals surface area contributed by atoms with E-state index in [-0.39, 0.29) is 18.7 Å². The Hall–Kier alpha value is -1.66. The SMILES string of the molecule is O=[N+]([O-])c1ccc(OC(O)CCO)cc1. The molecule has 0 heterocycles. The number of nitro groups is 1. The summed E-state index contributed by atoms with van der Waals surface area (Å²) in [6.45, 7) is -0.186. The summed E-state index contributed by atoms with van der Waals surface area (Å²) in [6, 6.07) is 5.33. The zero-order valence-electron chi connectivity index (χ0n) is 7.87. The monoisotopic (exact) mass is 213 g/mol. The van der Waals surface area contributed by atoms with Crippen LogP contribution in [0.3, 0.4) is 0 Å². The van der Waals surface area contributed by atoms with E-state index in [1.165, 1.54) is 24.3 Å². The Kier molecular flexibility index (Phi) is 4.02. The van der Waals surface area contributed by atoms with Gasteiger partial charge in [-0.05, 0) is 12.1 Å². The minimum atomic E-state index is -1.10. The van der Waals surface area contributed by atoms with E-state index in [0.717, 1.165) is 0 Å². The molecule has 0 saturated heterocycles. The van der Waals surface area contributed by atoms with Gasteiger partial charge in [0.15, 0.2) is 6.29 Å². The molecule has 1 aromatic rings. The van der Waals surface area contributed by atoms with Crippen LogP contribution in [0.2, 0.25) is 0 Å². The van der Waals surface area contributed by atoms with Crippen molar-refractivity contribution in [2.24, 2.45) is 0 Å². The fraction of sp³-hybridized carbons (Fsp3) is 0.333. The fourth-order valence-corrected chi connectivity index (χ4v) is 0.973. The maximum atomic E-state index is 10.3. The van der Waals surface area contributed by atoms with Gasteiger partial charge in [-0.2, -0.15) is 0 Å². The lowest BCUT2D eigenvalue weighted by molar-refractivity contribution is -0.384. The molecule has 0 radical (unpaired) electrons. The van der Waals surface area contributed by atoms with Gasteiger partial charge < -0.3 is 14.9 Å². The molecule has 6 nitrogen and oxygen atoms in total. The largest absolute Gasteiger partial charge is 0.465 e. The van der Waals surface area contributed by atoms with Crippen LogP contribution in [-0.4, -0.2) is 28.0 Å². The average Bonchev–Trinajstić information content (AvgIpc) is 2.18. The van der Waals surface area contributed by atoms with Gasteiger partial charge in [0.05, 0.1) is 4.92 Å². The lowest BCUT2D eigenvalue weighted by Crippen LogP contribution is -2.16. The summed E-state index contributed by atoms with van der Waals surface area (Å²) in [5.41, 5.74) is -0.0426. The molecule has 82 valence electrons. The van der Waals surface area contributed by atoms with Crippen LogP contribution in [-0.2, 0) is 0 Å². The van der Waals surface area contributed by atoms with Crippen LogP contribution < -0.4 is 4.74 Å². The number of ether oxygens (including phenoxy) is 1. The number of rotatable bonds is 5. The quantitative estimate of drug-likeness (QED) is 0.426. The minimum Gasteiger partial charge on any atom is -0.465 e. The number of aliphatic hydroxyl groups is 2. The third-order valence-electron chi connectivity index (χ3n) is 1.70. The van der Waals surface area contributed by atoms with Crippen molar-refractivity contribution in [1.82, 2.24) is 0 Å². The van der Waals surface area contributed by atoms with Gasteiger partial charge in [0.25, 0.3) is 5.69 Å². The second-order valence-electron chi connectivity index (χ2n) is 2.84. The second-order valence-corrected chi connectivity index (χ2v) is 2.84. The smallest absolute Gasteiger partial charge is 0.269 e. The molecule has 1 atom stereocenters. The average molecular weight is 213 g/mol. The minimum absolute atomic E-state index is 0.0426. The van der Waals surface area contributed by atoms with Crippen molar-refractivity contribution >= 4 is 5.69 Å². The molecule has 6 heteroatoms. The lowest BCUT2D eigenvalue weighted by atomic mass is 10.3. The lowest BCUT2D eigenvalue weighted by Gasteiger charge is -2.11. The maximum Gasteiger partial charge on any atom is 0.269 e. The molecule has 1 rings (SSSR count). The summed E-state index contributed by atoms with van der Waals surface area (Å²) in [5, 5.41) is 28.0. The fourth-order valence-electron chi connectivity index (χ4n) is 0.973. The van der Waals surface area contributed by atoms with E-state index in [1.54, 1.807) is 0 Å². The van der Waals surface area contributed by atoms with Gasteiger partial charge in [-0.15, -0.1) is 0 Å². The first-order valence-electron chi connectivity index (χ1n) is 4.33. The third kappa shape index (κ3) is 3.53. The maximum absolute atomic E-state index is 10.3. The van der Waals surface area contributed by atoms with Gasteiger partial charge in [-0.1, -0.05) is 0 Å². The van der Waals surface area contributed by atoms with Gasteiger partial charge in [0.2, 0.25) is 0 Å². The third-order valence-corrected chi connectivity index (χ3v) is 1.70. The highest BCUT2D eigenvalue weighted by atomic mass is 16.6. The number of aliphatic hydroxyl groups excluding tert-OH is 2. The second kappa shape index (κ2) is 5.28. The van der Waals surface area contributed by atoms with Gasteiger partial charge in [0, 0.05) is 25.2 Å². The first kappa shape index (κ1) is 11.4. The molecule has 1 unspecified atom stereocenters. The number of nitrogens with zero attached hydrogens (tertiary/aromatic N) is 1. The van der Waals surface area contributed by atoms with E-state index >= 15 is 0 Å². The number of hydrogen-bond acceptors (Lipinski definition) is 5. The molecule has 0 aliphatic heterocycles. The predicted octanol–water partition coefficient (Wildman–Crippen LogP) is 0.674. The molecule has 0 fully saturated rings. The molecule has 15 heavy (non-hydrogen) atoms. The molecular formula is C9H11NO5. The van der Waals surface area contributed by atoms with Gasteiger partial charge >= 0.3 is 0 Å². The van der Waals surface area contributed by atoms with Crippen molar-refractivity contribution in [2.45, 2.75) is 12.7 Å². The standard InChI is InChI=1S/C9H11NO5/c11-6-5-9(12)15-8-3-1-7(2-4-8)10(13)14/h1-4,9,11-12H,5-6H2. The van der Waals surface area contributed by atoms with Gasteiger partial charge in [-0.3, -0.25) is 10.1 Å². The predicted molar refractivity (Wildman–Crippen MR) is 51.4 cm³/mol. The molecule has 0 aromatic heterocycles. The molecule has 0 spiro atoms. The van der Waals surface area contributed by atoms with Crippen molar-refractivity contribution < 1.29 is 19.9 Å².